The van der Waals surface area contributed by atoms with E-state index in [1.807, 2.05) is 26.0 Å². The predicted octanol–water partition coefficient (Wildman–Crippen LogP) is 2.54. The third-order valence-electron chi connectivity index (χ3n) is 0.333. The fourth-order valence-electron chi connectivity index (χ4n) is 0.167. The third-order valence-corrected chi connectivity index (χ3v) is 0.333. The van der Waals surface area contributed by atoms with E-state index in [9.17, 15) is 0 Å². The predicted molar refractivity (Wildman–Crippen MR) is 35.3 cm³/mol. The molecule has 0 aliphatic rings. The molecule has 0 radical (unpaired) electrons. The van der Waals surface area contributed by atoms with E-state index in [4.69, 9.17) is 0 Å². The van der Waals surface area contributed by atoms with Crippen molar-refractivity contribution < 1.29 is 0 Å². The average Bonchev–Trinajstić information content (AvgIpc) is 1.75. The van der Waals surface area contributed by atoms with Gasteiger partial charge in [-0.25, -0.2) is 0 Å². The zero-order valence-corrected chi connectivity index (χ0v) is 5.07. The Bertz CT molecular complexity index is 58.1. The summed E-state index contributed by atoms with van der Waals surface area (Å²) in [5.41, 5.74) is 2.86. The molecule has 0 unspecified atom stereocenters. The zero-order chi connectivity index (χ0) is 6.12. The molecule has 0 heterocycles. The fraction of sp³-hybridized carbons (Fsp3) is 0.286. The van der Waals surface area contributed by atoms with E-state index in [1.165, 1.54) is 0 Å². The van der Waals surface area contributed by atoms with Crippen molar-refractivity contribution in [1.82, 2.24) is 0 Å². The highest BCUT2D eigenvalue weighted by molar-refractivity contribution is 4.76. The van der Waals surface area contributed by atoms with Gasteiger partial charge in [0.15, 0.2) is 0 Å². The lowest BCUT2D eigenvalue weighted by molar-refractivity contribution is 1.71. The largest absolute Gasteiger partial charge is 0.130 e. The molecule has 0 aromatic rings. The summed E-state index contributed by atoms with van der Waals surface area (Å²) in [5, 5.41) is 0. The van der Waals surface area contributed by atoms with Crippen molar-refractivity contribution >= 4 is 0 Å². The number of hydrogen-bond acceptors (Lipinski definition) is 0. The Labute approximate surface area is 45.9 Å². The van der Waals surface area contributed by atoms with Crippen molar-refractivity contribution in [2.75, 3.05) is 0 Å². The van der Waals surface area contributed by atoms with Crippen molar-refractivity contribution in [2.45, 2.75) is 13.8 Å². The number of hydrogen-bond donors (Lipinski definition) is 0. The van der Waals surface area contributed by atoms with Gasteiger partial charge in [-0.05, 0) is 26.0 Å². The van der Waals surface area contributed by atoms with E-state index in [2.05, 4.69) is 18.9 Å². The van der Waals surface area contributed by atoms with Gasteiger partial charge in [-0.1, -0.05) is 0 Å². The minimum atomic E-state index is 1.88. The topological polar surface area (TPSA) is 0 Å². The van der Waals surface area contributed by atoms with Crippen LogP contribution in [0.5, 0.6) is 0 Å². The first kappa shape index (κ1) is 9.54. The lowest BCUT2D eigenvalue weighted by Gasteiger charge is -1.48. The SMILES string of the molecule is C=C.CC=C=CC. The van der Waals surface area contributed by atoms with Crippen LogP contribution in [0, 0.1) is 0 Å². The molecule has 0 fully saturated rings. The zero-order valence-electron chi connectivity index (χ0n) is 5.07. The van der Waals surface area contributed by atoms with E-state index in [0.29, 0.717) is 0 Å². The summed E-state index contributed by atoms with van der Waals surface area (Å²) in [6.45, 7) is 9.89. The lowest BCUT2D eigenvalue weighted by Crippen LogP contribution is -1.26. The Morgan fingerprint density at radius 1 is 1.14 bits per heavy atom. The molecule has 0 saturated heterocycles. The monoisotopic (exact) mass is 96.1 g/mol. The normalized spacial score (nSPS) is 4.29. The summed E-state index contributed by atoms with van der Waals surface area (Å²) < 4.78 is 0. The van der Waals surface area contributed by atoms with Gasteiger partial charge >= 0.3 is 0 Å². The van der Waals surface area contributed by atoms with E-state index in [1.54, 1.807) is 0 Å². The molecule has 0 atom stereocenters. The molecule has 0 nitrogen and oxygen atoms in total. The number of rotatable bonds is 0. The molecule has 0 spiro atoms. The van der Waals surface area contributed by atoms with Crippen molar-refractivity contribution in [3.63, 3.8) is 0 Å². The van der Waals surface area contributed by atoms with Crippen LogP contribution < -0.4 is 0 Å². The highest BCUT2D eigenvalue weighted by Crippen LogP contribution is 1.57. The molecule has 0 saturated carbocycles. The van der Waals surface area contributed by atoms with Crippen LogP contribution in [0.1, 0.15) is 13.8 Å². The van der Waals surface area contributed by atoms with Gasteiger partial charge in [0.1, 0.15) is 0 Å². The molecule has 0 aromatic heterocycles. The maximum absolute atomic E-state index is 3.00. The van der Waals surface area contributed by atoms with Crippen LogP contribution in [0.3, 0.4) is 0 Å². The molecule has 0 aliphatic heterocycles. The van der Waals surface area contributed by atoms with Crippen molar-refractivity contribution in [1.29, 1.82) is 0 Å². The summed E-state index contributed by atoms with van der Waals surface area (Å²) in [6.07, 6.45) is 3.75. The summed E-state index contributed by atoms with van der Waals surface area (Å²) in [6, 6.07) is 0. The number of allylic oxidation sites excluding steroid dienone is 1. The molecular formula is C7H12. The van der Waals surface area contributed by atoms with Gasteiger partial charge in [0.2, 0.25) is 0 Å². The Morgan fingerprint density at radius 2 is 1.43 bits per heavy atom. The van der Waals surface area contributed by atoms with Crippen LogP contribution in [-0.4, -0.2) is 0 Å². The van der Waals surface area contributed by atoms with Gasteiger partial charge in [-0.15, -0.1) is 18.9 Å². The van der Waals surface area contributed by atoms with Gasteiger partial charge < -0.3 is 0 Å². The summed E-state index contributed by atoms with van der Waals surface area (Å²) in [7, 11) is 0. The highest BCUT2D eigenvalue weighted by Gasteiger charge is 1.35. The van der Waals surface area contributed by atoms with Crippen LogP contribution in [0.15, 0.2) is 31.0 Å². The Balaban J connectivity index is 0. The van der Waals surface area contributed by atoms with Crippen LogP contribution in [0.4, 0.5) is 0 Å². The minimum Gasteiger partial charge on any atom is -0.130 e. The Hall–Kier alpha value is -0.740. The van der Waals surface area contributed by atoms with E-state index < -0.39 is 0 Å². The first-order valence-electron chi connectivity index (χ1n) is 2.23. The summed E-state index contributed by atoms with van der Waals surface area (Å²) in [5.74, 6) is 0. The highest BCUT2D eigenvalue weighted by atomic mass is 13.4. The Kier molecular flexibility index (Phi) is 25.5. The van der Waals surface area contributed by atoms with Crippen LogP contribution >= 0.6 is 0 Å². The van der Waals surface area contributed by atoms with Crippen molar-refractivity contribution in [3.8, 4) is 0 Å². The van der Waals surface area contributed by atoms with Crippen LogP contribution in [0.2, 0.25) is 0 Å². The second-order valence-corrected chi connectivity index (χ2v) is 0.744. The molecule has 0 heteroatoms. The summed E-state index contributed by atoms with van der Waals surface area (Å²) >= 11 is 0. The first-order valence-corrected chi connectivity index (χ1v) is 2.23. The first-order chi connectivity index (χ1) is 3.41. The van der Waals surface area contributed by atoms with Gasteiger partial charge in [0.25, 0.3) is 0 Å². The van der Waals surface area contributed by atoms with Gasteiger partial charge in [0, 0.05) is 0 Å². The second-order valence-electron chi connectivity index (χ2n) is 0.744. The maximum Gasteiger partial charge on any atom is -0.0393 e. The molecule has 7 heavy (non-hydrogen) atoms. The Morgan fingerprint density at radius 3 is 1.43 bits per heavy atom. The van der Waals surface area contributed by atoms with E-state index in [-0.39, 0.29) is 0 Å². The van der Waals surface area contributed by atoms with Gasteiger partial charge in [-0.3, -0.25) is 0 Å². The molecule has 0 N–H and O–H groups in total. The van der Waals surface area contributed by atoms with E-state index in [0.717, 1.165) is 0 Å². The average molecular weight is 96.2 g/mol. The molecule has 0 rings (SSSR count). The standard InChI is InChI=1S/C5H8.C2H4/c1-3-5-4-2;1-2/h3-4H,1-2H3;1-2H2. The molecule has 0 aromatic carbocycles. The fourth-order valence-corrected chi connectivity index (χ4v) is 0.167. The van der Waals surface area contributed by atoms with Crippen LogP contribution in [-0.2, 0) is 0 Å². The lowest BCUT2D eigenvalue weighted by atomic mass is 10.6. The molecule has 40 valence electrons. The second kappa shape index (κ2) is 18.7. The molecule has 0 bridgehead atoms. The third kappa shape index (κ3) is 35.2. The van der Waals surface area contributed by atoms with Crippen LogP contribution in [0.25, 0.3) is 0 Å². The quantitative estimate of drug-likeness (QED) is 0.321. The molecular weight excluding hydrogens is 84.1 g/mol. The van der Waals surface area contributed by atoms with Gasteiger partial charge in [-0.2, -0.15) is 0 Å². The maximum atomic E-state index is 3.00. The van der Waals surface area contributed by atoms with Gasteiger partial charge in [0.05, 0.1) is 0 Å². The van der Waals surface area contributed by atoms with Crippen molar-refractivity contribution in [2.24, 2.45) is 0 Å². The summed E-state index contributed by atoms with van der Waals surface area (Å²) in [4.78, 5) is 0. The molecule has 0 aliphatic carbocycles. The van der Waals surface area contributed by atoms with Crippen molar-refractivity contribution in [3.05, 3.63) is 31.0 Å². The molecule has 0 amide bonds. The minimum absolute atomic E-state index is 1.88. The van der Waals surface area contributed by atoms with E-state index >= 15 is 0 Å². The smallest absolute Gasteiger partial charge is 0.0393 e.